The van der Waals surface area contributed by atoms with Gasteiger partial charge in [-0.1, -0.05) is 6.92 Å². The monoisotopic (exact) mass is 436 g/mol. The summed E-state index contributed by atoms with van der Waals surface area (Å²) in [6.45, 7) is 5.48. The number of benzene rings is 1. The van der Waals surface area contributed by atoms with Crippen molar-refractivity contribution < 1.29 is 9.47 Å². The lowest BCUT2D eigenvalue weighted by atomic mass is 9.90. The molecule has 8 nitrogen and oxygen atoms in total. The number of nitrogens with zero attached hydrogens (tertiary/aromatic N) is 4. The predicted molar refractivity (Wildman–Crippen MR) is 127 cm³/mol. The average Bonchev–Trinajstić information content (AvgIpc) is 3.28. The topological polar surface area (TPSA) is 89.9 Å². The molecule has 0 saturated heterocycles. The summed E-state index contributed by atoms with van der Waals surface area (Å²) in [6, 6.07) is 5.81. The first-order valence-electron chi connectivity index (χ1n) is 11.1. The number of likely N-dealkylation sites (N-methyl/N-ethyl adjacent to an activating group) is 1. The van der Waals surface area contributed by atoms with Crippen LogP contribution in [0.3, 0.4) is 0 Å². The Morgan fingerprint density at radius 1 is 1.25 bits per heavy atom. The van der Waals surface area contributed by atoms with Gasteiger partial charge in [-0.3, -0.25) is 4.99 Å². The third kappa shape index (κ3) is 4.36. The van der Waals surface area contributed by atoms with E-state index in [-0.39, 0.29) is 6.04 Å². The molecule has 1 aliphatic carbocycles. The van der Waals surface area contributed by atoms with Crippen molar-refractivity contribution in [2.45, 2.75) is 45.7 Å². The molecule has 32 heavy (non-hydrogen) atoms. The van der Waals surface area contributed by atoms with Crippen LogP contribution in [0.25, 0.3) is 0 Å². The summed E-state index contributed by atoms with van der Waals surface area (Å²) < 4.78 is 13.3. The van der Waals surface area contributed by atoms with E-state index in [9.17, 15) is 0 Å². The second-order valence-corrected chi connectivity index (χ2v) is 7.99. The van der Waals surface area contributed by atoms with E-state index in [0.29, 0.717) is 12.4 Å². The van der Waals surface area contributed by atoms with Crippen LogP contribution in [-0.4, -0.2) is 47.2 Å². The molecule has 3 N–H and O–H groups in total. The summed E-state index contributed by atoms with van der Waals surface area (Å²) >= 11 is 0. The lowest BCUT2D eigenvalue weighted by molar-refractivity contribution is 0.311. The van der Waals surface area contributed by atoms with E-state index >= 15 is 0 Å². The molecule has 1 aliphatic heterocycles. The van der Waals surface area contributed by atoms with Gasteiger partial charge in [-0.25, -0.2) is 10.8 Å². The first-order chi connectivity index (χ1) is 15.5. The summed E-state index contributed by atoms with van der Waals surface area (Å²) in [5, 5.41) is 5.17. The maximum absolute atomic E-state index is 6.12. The zero-order valence-electron chi connectivity index (χ0n) is 19.3. The number of allylic oxidation sites excluding steroid dienone is 2. The van der Waals surface area contributed by atoms with E-state index in [2.05, 4.69) is 27.9 Å². The van der Waals surface area contributed by atoms with E-state index in [1.165, 1.54) is 11.1 Å². The Bertz CT molecular complexity index is 1070. The summed E-state index contributed by atoms with van der Waals surface area (Å²) in [6.07, 6.45) is 9.05. The summed E-state index contributed by atoms with van der Waals surface area (Å²) in [5.74, 6) is 9.08. The quantitative estimate of drug-likeness (QED) is 0.508. The molecule has 0 bridgehead atoms. The minimum absolute atomic E-state index is 0.0251. The fourth-order valence-electron chi connectivity index (χ4n) is 4.30. The Morgan fingerprint density at radius 2 is 2.09 bits per heavy atom. The number of hydrazine groups is 1. The Labute approximate surface area is 189 Å². The van der Waals surface area contributed by atoms with Gasteiger partial charge >= 0.3 is 0 Å². The van der Waals surface area contributed by atoms with Crippen molar-refractivity contribution in [1.82, 2.24) is 14.6 Å². The second kappa shape index (κ2) is 9.48. The van der Waals surface area contributed by atoms with Crippen molar-refractivity contribution in [1.29, 1.82) is 0 Å². The molecule has 0 spiro atoms. The van der Waals surface area contributed by atoms with Crippen molar-refractivity contribution in [3.8, 4) is 11.5 Å². The predicted octanol–water partition coefficient (Wildman–Crippen LogP) is 3.72. The molecular formula is C24H32N6O2. The molecule has 0 fully saturated rings. The van der Waals surface area contributed by atoms with E-state index in [1.54, 1.807) is 12.1 Å². The molecule has 2 aliphatic rings. The van der Waals surface area contributed by atoms with Gasteiger partial charge in [-0.15, -0.1) is 0 Å². The van der Waals surface area contributed by atoms with Gasteiger partial charge in [0.25, 0.3) is 0 Å². The molecule has 2 aromatic rings. The summed E-state index contributed by atoms with van der Waals surface area (Å²) in [7, 11) is 3.54. The minimum atomic E-state index is 0.0251. The van der Waals surface area contributed by atoms with Crippen LogP contribution in [0.15, 0.2) is 58.5 Å². The van der Waals surface area contributed by atoms with Gasteiger partial charge in [0.2, 0.25) is 0 Å². The number of amidine groups is 1. The largest absolute Gasteiger partial charge is 0.493 e. The highest BCUT2D eigenvalue weighted by atomic mass is 16.5. The number of rotatable bonds is 7. The molecular weight excluding hydrogens is 404 g/mol. The lowest BCUT2D eigenvalue weighted by Crippen LogP contribution is -2.33. The summed E-state index contributed by atoms with van der Waals surface area (Å²) in [5.41, 5.74) is 4.65. The number of methoxy groups -OCH3 is 1. The van der Waals surface area contributed by atoms with Crippen molar-refractivity contribution in [3.05, 3.63) is 59.3 Å². The van der Waals surface area contributed by atoms with Gasteiger partial charge < -0.3 is 24.4 Å². The number of ether oxygens (including phenoxy) is 2. The molecule has 0 saturated carbocycles. The maximum atomic E-state index is 6.12. The normalized spacial score (nSPS) is 18.0. The first-order valence-corrected chi connectivity index (χ1v) is 11.1. The van der Waals surface area contributed by atoms with Crippen LogP contribution in [0, 0.1) is 0 Å². The van der Waals surface area contributed by atoms with Gasteiger partial charge in [0, 0.05) is 31.2 Å². The number of fused-ring (bicyclic) bond motifs is 1. The molecule has 1 aromatic carbocycles. The Balaban J connectivity index is 1.65. The van der Waals surface area contributed by atoms with Gasteiger partial charge in [0.05, 0.1) is 32.0 Å². The van der Waals surface area contributed by atoms with Crippen LogP contribution in [-0.2, 0) is 6.54 Å². The number of nitrogens with two attached hydrogens (primary N) is 1. The van der Waals surface area contributed by atoms with Gasteiger partial charge in [-0.05, 0) is 55.5 Å². The van der Waals surface area contributed by atoms with E-state index < -0.39 is 0 Å². The maximum Gasteiger partial charge on any atom is 0.175 e. The number of hydrogen-bond donors (Lipinski definition) is 2. The second-order valence-electron chi connectivity index (χ2n) is 7.99. The molecule has 2 heterocycles. The Hall–Kier alpha value is -3.26. The zero-order chi connectivity index (χ0) is 22.7. The minimum Gasteiger partial charge on any atom is -0.493 e. The highest BCUT2D eigenvalue weighted by molar-refractivity contribution is 6.06. The lowest BCUT2D eigenvalue weighted by Gasteiger charge is -2.30. The van der Waals surface area contributed by atoms with Crippen LogP contribution in [0.1, 0.15) is 38.9 Å². The van der Waals surface area contributed by atoms with Crippen molar-refractivity contribution in [3.63, 3.8) is 0 Å². The van der Waals surface area contributed by atoms with Gasteiger partial charge in [-0.2, -0.15) is 0 Å². The fraction of sp³-hybridized carbons (Fsp3) is 0.417. The smallest absolute Gasteiger partial charge is 0.175 e. The van der Waals surface area contributed by atoms with Crippen molar-refractivity contribution in [2.24, 2.45) is 10.8 Å². The SMILES string of the molecule is CCOc1ccc(NC2=NC(C3=CC(N(C)N)=C(CC)CC3)Cn3ccnc32)cc1OC. The average molecular weight is 437 g/mol. The highest BCUT2D eigenvalue weighted by Crippen LogP contribution is 2.33. The molecule has 8 heteroatoms. The van der Waals surface area contributed by atoms with Gasteiger partial charge in [0.1, 0.15) is 0 Å². The standard InChI is InChI=1S/C24H32N6O2/c1-5-16-7-8-17(13-20(16)29(3)25)19-15-30-12-11-26-24(30)23(28-19)27-18-9-10-21(32-6-2)22(14-18)31-4/h9-14,19H,5-8,15,25H2,1-4H3,(H,27,28). The molecule has 1 unspecified atom stereocenters. The van der Waals surface area contributed by atoms with E-state index in [1.807, 2.05) is 44.6 Å². The van der Waals surface area contributed by atoms with E-state index in [4.69, 9.17) is 20.3 Å². The zero-order valence-corrected chi connectivity index (χ0v) is 19.3. The van der Waals surface area contributed by atoms with Crippen LogP contribution in [0.4, 0.5) is 5.69 Å². The van der Waals surface area contributed by atoms with E-state index in [0.717, 1.165) is 54.6 Å². The Kier molecular flexibility index (Phi) is 6.50. The fourth-order valence-corrected chi connectivity index (χ4v) is 4.30. The number of anilines is 1. The number of hydrogen-bond acceptors (Lipinski definition) is 7. The molecule has 170 valence electrons. The third-order valence-corrected chi connectivity index (χ3v) is 5.94. The van der Waals surface area contributed by atoms with Crippen LogP contribution < -0.4 is 20.6 Å². The molecule has 1 aromatic heterocycles. The van der Waals surface area contributed by atoms with Crippen LogP contribution in [0.5, 0.6) is 11.5 Å². The number of aliphatic imine (C=N–C) groups is 1. The number of aromatic nitrogens is 2. The molecule has 4 rings (SSSR count). The first kappa shape index (κ1) is 22.0. The van der Waals surface area contributed by atoms with Crippen LogP contribution >= 0.6 is 0 Å². The molecule has 1 atom stereocenters. The van der Waals surface area contributed by atoms with Gasteiger partial charge in [0.15, 0.2) is 23.2 Å². The summed E-state index contributed by atoms with van der Waals surface area (Å²) in [4.78, 5) is 9.60. The number of nitrogens with one attached hydrogen (secondary N) is 1. The molecule has 0 radical (unpaired) electrons. The number of imidazole rings is 1. The Morgan fingerprint density at radius 3 is 2.81 bits per heavy atom. The van der Waals surface area contributed by atoms with Crippen LogP contribution in [0.2, 0.25) is 0 Å². The molecule has 0 amide bonds. The highest BCUT2D eigenvalue weighted by Gasteiger charge is 2.27. The third-order valence-electron chi connectivity index (χ3n) is 5.94. The van der Waals surface area contributed by atoms with Crippen molar-refractivity contribution in [2.75, 3.05) is 26.1 Å². The van der Waals surface area contributed by atoms with Crippen molar-refractivity contribution >= 4 is 11.5 Å².